The van der Waals surface area contributed by atoms with Gasteiger partial charge >= 0.3 is 6.18 Å². The Bertz CT molecular complexity index is 661. The third kappa shape index (κ3) is 5.35. The zero-order valence-corrected chi connectivity index (χ0v) is 13.5. The highest BCUT2D eigenvalue weighted by Crippen LogP contribution is 2.22. The van der Waals surface area contributed by atoms with Crippen LogP contribution in [0.4, 0.5) is 13.2 Å². The van der Waals surface area contributed by atoms with Gasteiger partial charge in [-0.05, 0) is 24.6 Å². The van der Waals surface area contributed by atoms with Crippen molar-refractivity contribution in [3.63, 3.8) is 0 Å². The van der Waals surface area contributed by atoms with Crippen molar-refractivity contribution in [3.8, 4) is 0 Å². The first kappa shape index (κ1) is 17.5. The van der Waals surface area contributed by atoms with Gasteiger partial charge in [0.05, 0.1) is 10.2 Å². The van der Waals surface area contributed by atoms with Crippen molar-refractivity contribution in [2.45, 2.75) is 25.9 Å². The third-order valence-corrected chi connectivity index (χ3v) is 4.14. The highest BCUT2D eigenvalue weighted by atomic mass is 32.1. The molecule has 0 N–H and O–H groups in total. The molecule has 0 radical (unpaired) electrons. The normalized spacial score (nSPS) is 12.2. The molecule has 0 aliphatic heterocycles. The van der Waals surface area contributed by atoms with Crippen LogP contribution in [0.2, 0.25) is 0 Å². The van der Waals surface area contributed by atoms with E-state index < -0.39 is 18.6 Å². The van der Waals surface area contributed by atoms with Crippen LogP contribution in [0.1, 0.15) is 24.8 Å². The summed E-state index contributed by atoms with van der Waals surface area (Å²) in [6.45, 7) is 0.738. The predicted molar refractivity (Wildman–Crippen MR) is 86.2 cm³/mol. The Balaban J connectivity index is 2.09. The van der Waals surface area contributed by atoms with Crippen LogP contribution in [0, 0.1) is 0 Å². The second-order valence-electron chi connectivity index (χ2n) is 5.08. The lowest BCUT2D eigenvalue weighted by Gasteiger charge is -2.22. The number of carbonyl (C=O) groups excluding carboxylic acids is 1. The fourth-order valence-electron chi connectivity index (χ4n) is 2.04. The number of hydrogen-bond acceptors (Lipinski definition) is 3. The zero-order valence-electron chi connectivity index (χ0n) is 12.6. The fraction of sp³-hybridized carbons (Fsp3) is 0.375. The summed E-state index contributed by atoms with van der Waals surface area (Å²) in [7, 11) is 0. The molecule has 1 aromatic heterocycles. The molecule has 1 heterocycles. The topological polar surface area (TPSA) is 33.2 Å². The number of hydrogen-bond donors (Lipinski definition) is 0. The second-order valence-corrected chi connectivity index (χ2v) is 6.14. The van der Waals surface area contributed by atoms with E-state index in [1.165, 1.54) is 23.5 Å². The Hall–Kier alpha value is -1.89. The summed E-state index contributed by atoms with van der Waals surface area (Å²) in [6, 6.07) is 7.50. The van der Waals surface area contributed by atoms with E-state index in [1.807, 2.05) is 31.2 Å². The maximum atomic E-state index is 12.6. The molecular formula is C16H17F3N2OS. The SMILES string of the molecule is CCCCN(CC(F)(F)F)C(=O)/C=C/c1nc2ccccc2s1. The number of unbranched alkanes of at least 4 members (excludes halogenated alkanes) is 1. The maximum Gasteiger partial charge on any atom is 0.406 e. The number of carbonyl (C=O) groups is 1. The Labute approximate surface area is 136 Å². The summed E-state index contributed by atoms with van der Waals surface area (Å²) < 4.78 is 38.7. The summed E-state index contributed by atoms with van der Waals surface area (Å²) in [6.07, 6.45) is -0.492. The first-order chi connectivity index (χ1) is 10.9. The van der Waals surface area contributed by atoms with E-state index in [9.17, 15) is 18.0 Å². The molecule has 0 fully saturated rings. The summed E-state index contributed by atoms with van der Waals surface area (Å²) in [5.74, 6) is -0.643. The highest BCUT2D eigenvalue weighted by molar-refractivity contribution is 7.19. The molecule has 23 heavy (non-hydrogen) atoms. The number of nitrogens with zero attached hydrogens (tertiary/aromatic N) is 2. The van der Waals surface area contributed by atoms with E-state index in [1.54, 1.807) is 0 Å². The molecule has 2 aromatic rings. The quantitative estimate of drug-likeness (QED) is 0.724. The number of aromatic nitrogens is 1. The van der Waals surface area contributed by atoms with Gasteiger partial charge in [0.15, 0.2) is 0 Å². The molecule has 2 rings (SSSR count). The van der Waals surface area contributed by atoms with Crippen LogP contribution in [0.3, 0.4) is 0 Å². The maximum absolute atomic E-state index is 12.6. The van der Waals surface area contributed by atoms with Crippen LogP contribution in [-0.4, -0.2) is 35.1 Å². The Morgan fingerprint density at radius 3 is 2.74 bits per heavy atom. The van der Waals surface area contributed by atoms with Crippen LogP contribution in [0.15, 0.2) is 30.3 Å². The van der Waals surface area contributed by atoms with Crippen LogP contribution < -0.4 is 0 Å². The Morgan fingerprint density at radius 2 is 2.09 bits per heavy atom. The van der Waals surface area contributed by atoms with E-state index in [-0.39, 0.29) is 6.54 Å². The van der Waals surface area contributed by atoms with Gasteiger partial charge in [0.25, 0.3) is 0 Å². The molecule has 0 saturated carbocycles. The number of benzene rings is 1. The number of amides is 1. The van der Waals surface area contributed by atoms with Crippen molar-refractivity contribution in [2.75, 3.05) is 13.1 Å². The van der Waals surface area contributed by atoms with E-state index >= 15 is 0 Å². The molecule has 0 spiro atoms. The monoisotopic (exact) mass is 342 g/mol. The number of alkyl halides is 3. The number of para-hydroxylation sites is 1. The van der Waals surface area contributed by atoms with Gasteiger partial charge in [0.2, 0.25) is 5.91 Å². The van der Waals surface area contributed by atoms with Gasteiger partial charge in [-0.3, -0.25) is 4.79 Å². The fourth-order valence-corrected chi connectivity index (χ4v) is 2.91. The summed E-state index contributed by atoms with van der Waals surface area (Å²) in [4.78, 5) is 17.2. The van der Waals surface area contributed by atoms with Crippen molar-refractivity contribution < 1.29 is 18.0 Å². The molecule has 1 aromatic carbocycles. The lowest BCUT2D eigenvalue weighted by atomic mass is 10.3. The average Bonchev–Trinajstić information content (AvgIpc) is 2.90. The van der Waals surface area contributed by atoms with Crippen molar-refractivity contribution >= 4 is 33.5 Å². The van der Waals surface area contributed by atoms with E-state index in [0.717, 1.165) is 21.5 Å². The lowest BCUT2D eigenvalue weighted by Crippen LogP contribution is -2.38. The number of fused-ring (bicyclic) bond motifs is 1. The standard InChI is InChI=1S/C16H17F3N2OS/c1-2-3-10-21(11-16(17,18)19)15(22)9-8-14-20-12-6-4-5-7-13(12)23-14/h4-9H,2-3,10-11H2,1H3/b9-8+. The smallest absolute Gasteiger partial charge is 0.330 e. The third-order valence-electron chi connectivity index (χ3n) is 3.14. The molecule has 0 aliphatic carbocycles. The van der Waals surface area contributed by atoms with Crippen molar-refractivity contribution in [3.05, 3.63) is 35.3 Å². The molecule has 7 heteroatoms. The number of thiazole rings is 1. The summed E-state index contributed by atoms with van der Waals surface area (Å²) >= 11 is 1.39. The summed E-state index contributed by atoms with van der Waals surface area (Å²) in [5.41, 5.74) is 0.808. The van der Waals surface area contributed by atoms with Crippen LogP contribution >= 0.6 is 11.3 Å². The molecular weight excluding hydrogens is 325 g/mol. The molecule has 0 saturated heterocycles. The molecule has 0 aliphatic rings. The first-order valence-corrected chi connectivity index (χ1v) is 8.10. The Morgan fingerprint density at radius 1 is 1.35 bits per heavy atom. The van der Waals surface area contributed by atoms with Gasteiger partial charge in [0.1, 0.15) is 11.6 Å². The minimum Gasteiger partial charge on any atom is -0.330 e. The van der Waals surface area contributed by atoms with E-state index in [2.05, 4.69) is 4.98 Å². The summed E-state index contributed by atoms with van der Waals surface area (Å²) in [5, 5.41) is 0.599. The average molecular weight is 342 g/mol. The van der Waals surface area contributed by atoms with E-state index in [0.29, 0.717) is 11.4 Å². The molecule has 1 amide bonds. The first-order valence-electron chi connectivity index (χ1n) is 7.28. The van der Waals surface area contributed by atoms with Crippen molar-refractivity contribution in [1.29, 1.82) is 0 Å². The van der Waals surface area contributed by atoms with E-state index in [4.69, 9.17) is 0 Å². The number of halogens is 3. The zero-order chi connectivity index (χ0) is 16.9. The van der Waals surface area contributed by atoms with Crippen molar-refractivity contribution in [1.82, 2.24) is 9.88 Å². The number of rotatable bonds is 6. The molecule has 0 unspecified atom stereocenters. The lowest BCUT2D eigenvalue weighted by molar-refractivity contribution is -0.158. The molecule has 0 atom stereocenters. The van der Waals surface area contributed by atoms with Crippen LogP contribution in [-0.2, 0) is 4.79 Å². The van der Waals surface area contributed by atoms with Gasteiger partial charge in [-0.15, -0.1) is 11.3 Å². The molecule has 124 valence electrons. The van der Waals surface area contributed by atoms with Gasteiger partial charge in [-0.1, -0.05) is 25.5 Å². The Kier molecular flexibility index (Phi) is 5.76. The van der Waals surface area contributed by atoms with Crippen LogP contribution in [0.5, 0.6) is 0 Å². The highest BCUT2D eigenvalue weighted by Gasteiger charge is 2.32. The second kappa shape index (κ2) is 7.59. The minimum absolute atomic E-state index is 0.0963. The minimum atomic E-state index is -4.40. The molecule has 0 bridgehead atoms. The van der Waals surface area contributed by atoms with Crippen LogP contribution in [0.25, 0.3) is 16.3 Å². The largest absolute Gasteiger partial charge is 0.406 e. The van der Waals surface area contributed by atoms with Crippen molar-refractivity contribution in [2.24, 2.45) is 0 Å². The van der Waals surface area contributed by atoms with Gasteiger partial charge in [-0.25, -0.2) is 4.98 Å². The van der Waals surface area contributed by atoms with Gasteiger partial charge in [0, 0.05) is 12.6 Å². The predicted octanol–water partition coefficient (Wildman–Crippen LogP) is 4.50. The van der Waals surface area contributed by atoms with Gasteiger partial charge in [-0.2, -0.15) is 13.2 Å². The van der Waals surface area contributed by atoms with Gasteiger partial charge < -0.3 is 4.90 Å². The molecule has 3 nitrogen and oxygen atoms in total.